The van der Waals surface area contributed by atoms with E-state index < -0.39 is 17.9 Å². The number of nitrogens with one attached hydrogen (secondary N) is 1. The van der Waals surface area contributed by atoms with Gasteiger partial charge in [-0.2, -0.15) is 5.10 Å². The molecule has 0 aliphatic rings. The fourth-order valence-electron chi connectivity index (χ4n) is 1.39. The van der Waals surface area contributed by atoms with E-state index in [2.05, 4.69) is 10.4 Å². The van der Waals surface area contributed by atoms with E-state index in [0.717, 1.165) is 0 Å². The molecule has 0 radical (unpaired) electrons. The highest BCUT2D eigenvalue weighted by Crippen LogP contribution is 2.13. The third-order valence-electron chi connectivity index (χ3n) is 2.18. The first-order valence-electron chi connectivity index (χ1n) is 5.18. The molecule has 0 aliphatic carbocycles. The molecule has 0 fully saturated rings. The minimum atomic E-state index is -1.06. The number of hydrogen-bond donors (Lipinski definition) is 2. The maximum absolute atomic E-state index is 11.7. The number of carboxylic acids is 1. The Bertz CT molecular complexity index is 430. The third-order valence-corrected chi connectivity index (χ3v) is 2.46. The number of amides is 1. The summed E-state index contributed by atoms with van der Waals surface area (Å²) in [4.78, 5) is 22.6. The average molecular weight is 260 g/mol. The summed E-state index contributed by atoms with van der Waals surface area (Å²) in [6.07, 6.45) is 2.50. The maximum atomic E-state index is 11.7. The maximum Gasteiger partial charge on any atom is 0.326 e. The Kier molecular flexibility index (Phi) is 4.51. The van der Waals surface area contributed by atoms with Crippen molar-refractivity contribution in [3.05, 3.63) is 16.9 Å². The predicted octanol–water partition coefficient (Wildman–Crippen LogP) is 1.06. The quantitative estimate of drug-likeness (QED) is 0.828. The van der Waals surface area contributed by atoms with Crippen LogP contribution in [-0.4, -0.2) is 32.8 Å². The van der Waals surface area contributed by atoms with Gasteiger partial charge in [0.25, 0.3) is 5.91 Å². The summed E-state index contributed by atoms with van der Waals surface area (Å²) in [5, 5.41) is 15.4. The summed E-state index contributed by atoms with van der Waals surface area (Å²) >= 11 is 5.79. The molecule has 1 heterocycles. The lowest BCUT2D eigenvalue weighted by molar-refractivity contribution is -0.139. The van der Waals surface area contributed by atoms with E-state index in [4.69, 9.17) is 16.7 Å². The van der Waals surface area contributed by atoms with Gasteiger partial charge in [0, 0.05) is 13.2 Å². The molecule has 2 N–H and O–H groups in total. The number of carbonyl (C=O) groups is 2. The van der Waals surface area contributed by atoms with Crippen molar-refractivity contribution in [2.75, 3.05) is 0 Å². The zero-order chi connectivity index (χ0) is 13.0. The average Bonchev–Trinajstić information content (AvgIpc) is 2.57. The molecule has 6 nitrogen and oxygen atoms in total. The zero-order valence-electron chi connectivity index (χ0n) is 9.61. The molecule has 0 spiro atoms. The van der Waals surface area contributed by atoms with E-state index in [-0.39, 0.29) is 10.7 Å². The summed E-state index contributed by atoms with van der Waals surface area (Å²) in [7, 11) is 1.63. The molecule has 17 heavy (non-hydrogen) atoms. The van der Waals surface area contributed by atoms with Crippen LogP contribution in [0.4, 0.5) is 0 Å². The van der Waals surface area contributed by atoms with Gasteiger partial charge in [-0.3, -0.25) is 9.48 Å². The number of aryl methyl sites for hydroxylation is 1. The summed E-state index contributed by atoms with van der Waals surface area (Å²) in [5.74, 6) is -1.64. The molecule has 1 aromatic heterocycles. The van der Waals surface area contributed by atoms with Crippen LogP contribution in [0.15, 0.2) is 6.20 Å². The van der Waals surface area contributed by atoms with Gasteiger partial charge in [-0.05, 0) is 6.42 Å². The van der Waals surface area contributed by atoms with Crippen molar-refractivity contribution in [2.45, 2.75) is 25.8 Å². The Morgan fingerprint density at radius 1 is 1.65 bits per heavy atom. The van der Waals surface area contributed by atoms with E-state index in [0.29, 0.717) is 12.8 Å². The molecular weight excluding hydrogens is 246 g/mol. The normalized spacial score (nSPS) is 12.2. The van der Waals surface area contributed by atoms with E-state index in [9.17, 15) is 9.59 Å². The molecule has 7 heteroatoms. The zero-order valence-corrected chi connectivity index (χ0v) is 10.4. The van der Waals surface area contributed by atoms with Crippen molar-refractivity contribution in [1.82, 2.24) is 15.1 Å². The molecule has 1 aromatic rings. The first kappa shape index (κ1) is 13.5. The van der Waals surface area contributed by atoms with E-state index in [1.807, 2.05) is 6.92 Å². The summed E-state index contributed by atoms with van der Waals surface area (Å²) < 4.78 is 1.40. The number of nitrogens with zero attached hydrogens (tertiary/aromatic N) is 2. The molecule has 1 amide bonds. The molecule has 0 unspecified atom stereocenters. The summed E-state index contributed by atoms with van der Waals surface area (Å²) in [5.41, 5.74) is 0.0384. The van der Waals surface area contributed by atoms with Crippen LogP contribution < -0.4 is 5.32 Å². The Labute approximate surface area is 104 Å². The number of hydrogen-bond acceptors (Lipinski definition) is 3. The highest BCUT2D eigenvalue weighted by Gasteiger charge is 2.22. The van der Waals surface area contributed by atoms with Gasteiger partial charge in [-0.25, -0.2) is 4.79 Å². The van der Waals surface area contributed by atoms with Gasteiger partial charge in [0.1, 0.15) is 6.04 Å². The van der Waals surface area contributed by atoms with Gasteiger partial charge in [-0.15, -0.1) is 0 Å². The predicted molar refractivity (Wildman–Crippen MR) is 62.0 cm³/mol. The van der Waals surface area contributed by atoms with Crippen LogP contribution in [0.2, 0.25) is 5.02 Å². The van der Waals surface area contributed by atoms with Crippen LogP contribution in [0.5, 0.6) is 0 Å². The van der Waals surface area contributed by atoms with Crippen LogP contribution in [0.1, 0.15) is 30.3 Å². The van der Waals surface area contributed by atoms with Crippen LogP contribution in [0, 0.1) is 0 Å². The first-order valence-corrected chi connectivity index (χ1v) is 5.56. The van der Waals surface area contributed by atoms with Gasteiger partial charge < -0.3 is 10.4 Å². The van der Waals surface area contributed by atoms with Gasteiger partial charge in [0.05, 0.1) is 5.02 Å². The van der Waals surface area contributed by atoms with Crippen molar-refractivity contribution in [3.63, 3.8) is 0 Å². The first-order chi connectivity index (χ1) is 7.95. The molecule has 0 aliphatic heterocycles. The third kappa shape index (κ3) is 3.45. The number of halogens is 1. The van der Waals surface area contributed by atoms with Crippen molar-refractivity contribution in [1.29, 1.82) is 0 Å². The van der Waals surface area contributed by atoms with E-state index in [1.165, 1.54) is 10.9 Å². The fraction of sp³-hybridized carbons (Fsp3) is 0.500. The standard InChI is InChI=1S/C10H14ClN3O3/c1-3-4-7(10(16)17)12-9(15)8-6(11)5-14(2)13-8/h5,7H,3-4H2,1-2H3,(H,12,15)(H,16,17)/t7-/m0/s1. The van der Waals surface area contributed by atoms with Gasteiger partial charge >= 0.3 is 5.97 Å². The van der Waals surface area contributed by atoms with Crippen molar-refractivity contribution < 1.29 is 14.7 Å². The van der Waals surface area contributed by atoms with Crippen LogP contribution in [0.25, 0.3) is 0 Å². The highest BCUT2D eigenvalue weighted by molar-refractivity contribution is 6.33. The number of carboxylic acid groups (broad SMARTS) is 1. The monoisotopic (exact) mass is 259 g/mol. The minimum absolute atomic E-state index is 0.0384. The Morgan fingerprint density at radius 3 is 2.71 bits per heavy atom. The number of aliphatic carboxylic acids is 1. The van der Waals surface area contributed by atoms with Crippen molar-refractivity contribution >= 4 is 23.5 Å². The lowest BCUT2D eigenvalue weighted by Crippen LogP contribution is -2.40. The van der Waals surface area contributed by atoms with Crippen molar-refractivity contribution in [3.8, 4) is 0 Å². The second-order valence-corrected chi connectivity index (χ2v) is 4.06. The number of carbonyl (C=O) groups excluding carboxylic acids is 1. The Morgan fingerprint density at radius 2 is 2.29 bits per heavy atom. The lowest BCUT2D eigenvalue weighted by Gasteiger charge is -2.12. The Balaban J connectivity index is 2.77. The van der Waals surface area contributed by atoms with Crippen LogP contribution in [0.3, 0.4) is 0 Å². The topological polar surface area (TPSA) is 84.2 Å². The molecule has 0 saturated carbocycles. The van der Waals surface area contributed by atoms with Gasteiger partial charge in [-0.1, -0.05) is 24.9 Å². The molecule has 1 rings (SSSR count). The molecule has 1 atom stereocenters. The number of rotatable bonds is 5. The van der Waals surface area contributed by atoms with E-state index in [1.54, 1.807) is 7.05 Å². The summed E-state index contributed by atoms with van der Waals surface area (Å²) in [6.45, 7) is 1.84. The van der Waals surface area contributed by atoms with Gasteiger partial charge in [0.2, 0.25) is 0 Å². The number of aromatic nitrogens is 2. The molecule has 0 bridgehead atoms. The minimum Gasteiger partial charge on any atom is -0.480 e. The van der Waals surface area contributed by atoms with E-state index >= 15 is 0 Å². The Hall–Kier alpha value is -1.56. The molecule has 0 saturated heterocycles. The second kappa shape index (κ2) is 5.67. The van der Waals surface area contributed by atoms with Crippen LogP contribution in [-0.2, 0) is 11.8 Å². The lowest BCUT2D eigenvalue weighted by atomic mass is 10.1. The largest absolute Gasteiger partial charge is 0.480 e. The fourth-order valence-corrected chi connectivity index (χ4v) is 1.65. The molecule has 94 valence electrons. The van der Waals surface area contributed by atoms with Gasteiger partial charge in [0.15, 0.2) is 5.69 Å². The molecule has 0 aromatic carbocycles. The summed E-state index contributed by atoms with van der Waals surface area (Å²) in [6, 6.07) is -0.912. The SMILES string of the molecule is CCC[C@H](NC(=O)c1nn(C)cc1Cl)C(=O)O. The second-order valence-electron chi connectivity index (χ2n) is 3.65. The van der Waals surface area contributed by atoms with Crippen molar-refractivity contribution in [2.24, 2.45) is 7.05 Å². The smallest absolute Gasteiger partial charge is 0.326 e. The highest BCUT2D eigenvalue weighted by atomic mass is 35.5. The molecular formula is C10H14ClN3O3. The van der Waals surface area contributed by atoms with Crippen LogP contribution >= 0.6 is 11.6 Å².